The van der Waals surface area contributed by atoms with E-state index in [-0.39, 0.29) is 5.56 Å². The molecule has 140 valence electrons. The Morgan fingerprint density at radius 3 is 2.11 bits per heavy atom. The van der Waals surface area contributed by atoms with Gasteiger partial charge in [-0.25, -0.2) is 18.4 Å². The summed E-state index contributed by atoms with van der Waals surface area (Å²) in [5.41, 5.74) is -0.916. The number of rotatable bonds is 5. The Labute approximate surface area is 150 Å². The van der Waals surface area contributed by atoms with Crippen molar-refractivity contribution in [2.75, 3.05) is 0 Å². The Hall–Kier alpha value is -3.10. The summed E-state index contributed by atoms with van der Waals surface area (Å²) in [6, 6.07) is 8.04. The Morgan fingerprint density at radius 1 is 0.963 bits per heavy atom. The van der Waals surface area contributed by atoms with Crippen LogP contribution in [0.5, 0.6) is 0 Å². The second kappa shape index (κ2) is 6.90. The standard InChI is InChI=1S/C18H12F5N3O/c19-15-7-1-12(2-8-15)9-17(20,26-11-24-10-25-26)16(27)13-3-5-14(6-4-13)18(21,22)23/h1-8,10-11H,9H2. The summed E-state index contributed by atoms with van der Waals surface area (Å²) in [6.07, 6.45) is -3.06. The number of hydrogen-bond donors (Lipinski definition) is 0. The van der Waals surface area contributed by atoms with Gasteiger partial charge in [0.1, 0.15) is 18.5 Å². The molecule has 0 radical (unpaired) electrons. The first-order chi connectivity index (χ1) is 12.7. The highest BCUT2D eigenvalue weighted by Crippen LogP contribution is 2.32. The number of halogens is 5. The van der Waals surface area contributed by atoms with Crippen molar-refractivity contribution in [3.8, 4) is 0 Å². The van der Waals surface area contributed by atoms with Crippen LogP contribution in [0.3, 0.4) is 0 Å². The molecule has 0 aliphatic rings. The highest BCUT2D eigenvalue weighted by molar-refractivity contribution is 6.01. The maximum absolute atomic E-state index is 15.8. The van der Waals surface area contributed by atoms with Gasteiger partial charge in [0.2, 0.25) is 5.78 Å². The third-order valence-corrected chi connectivity index (χ3v) is 3.96. The van der Waals surface area contributed by atoms with E-state index in [1.165, 1.54) is 12.1 Å². The Bertz CT molecular complexity index is 921. The molecule has 0 N–H and O–H groups in total. The van der Waals surface area contributed by atoms with Crippen LogP contribution < -0.4 is 0 Å². The van der Waals surface area contributed by atoms with Crippen molar-refractivity contribution in [2.45, 2.75) is 18.4 Å². The van der Waals surface area contributed by atoms with E-state index in [1.807, 2.05) is 0 Å². The average Bonchev–Trinajstić information content (AvgIpc) is 3.18. The zero-order valence-corrected chi connectivity index (χ0v) is 13.6. The number of carbonyl (C=O) groups excluding carboxylic acids is 1. The molecule has 3 aromatic rings. The van der Waals surface area contributed by atoms with Crippen LogP contribution in [0.4, 0.5) is 22.0 Å². The first-order valence-electron chi connectivity index (χ1n) is 7.71. The summed E-state index contributed by atoms with van der Waals surface area (Å²) in [6.45, 7) is 0. The van der Waals surface area contributed by atoms with Crippen LogP contribution in [0.15, 0.2) is 61.2 Å². The molecule has 2 aromatic carbocycles. The molecule has 0 saturated carbocycles. The van der Waals surface area contributed by atoms with Crippen LogP contribution in [0, 0.1) is 5.82 Å². The maximum Gasteiger partial charge on any atom is 0.416 e. The molecule has 0 spiro atoms. The molecule has 1 unspecified atom stereocenters. The summed E-state index contributed by atoms with van der Waals surface area (Å²) in [5, 5.41) is 3.66. The molecule has 0 fully saturated rings. The fraction of sp³-hybridized carbons (Fsp3) is 0.167. The second-order valence-corrected chi connectivity index (χ2v) is 5.81. The summed E-state index contributed by atoms with van der Waals surface area (Å²) >= 11 is 0. The van der Waals surface area contributed by atoms with Crippen molar-refractivity contribution in [1.29, 1.82) is 0 Å². The van der Waals surface area contributed by atoms with Crippen LogP contribution in [0.25, 0.3) is 0 Å². The minimum Gasteiger partial charge on any atom is -0.288 e. The lowest BCUT2D eigenvalue weighted by Crippen LogP contribution is -2.40. The first-order valence-corrected chi connectivity index (χ1v) is 7.71. The molecule has 0 bridgehead atoms. The minimum atomic E-state index is -4.58. The molecule has 9 heteroatoms. The predicted molar refractivity (Wildman–Crippen MR) is 85.0 cm³/mol. The summed E-state index contributed by atoms with van der Waals surface area (Å²) in [4.78, 5) is 16.4. The van der Waals surface area contributed by atoms with Crippen molar-refractivity contribution >= 4 is 5.78 Å². The number of Topliss-reactive ketones (excluding diaryl/α,β-unsaturated/α-hetero) is 1. The smallest absolute Gasteiger partial charge is 0.288 e. The first kappa shape index (κ1) is 18.7. The highest BCUT2D eigenvalue weighted by atomic mass is 19.4. The van der Waals surface area contributed by atoms with Crippen molar-refractivity contribution in [1.82, 2.24) is 14.8 Å². The van der Waals surface area contributed by atoms with Crippen LogP contribution in [0.1, 0.15) is 21.5 Å². The van der Waals surface area contributed by atoms with Gasteiger partial charge >= 0.3 is 6.18 Å². The van der Waals surface area contributed by atoms with E-state index < -0.39 is 35.6 Å². The van der Waals surface area contributed by atoms with Crippen LogP contribution >= 0.6 is 0 Å². The van der Waals surface area contributed by atoms with Gasteiger partial charge in [-0.1, -0.05) is 24.3 Å². The maximum atomic E-state index is 15.8. The van der Waals surface area contributed by atoms with Gasteiger partial charge in [-0.3, -0.25) is 4.79 Å². The molecule has 0 amide bonds. The van der Waals surface area contributed by atoms with E-state index in [0.717, 1.165) is 36.9 Å². The monoisotopic (exact) mass is 381 g/mol. The quantitative estimate of drug-likeness (QED) is 0.492. The van der Waals surface area contributed by atoms with E-state index in [4.69, 9.17) is 0 Å². The van der Waals surface area contributed by atoms with Crippen LogP contribution in [-0.2, 0) is 18.4 Å². The number of aromatic nitrogens is 3. The molecular weight excluding hydrogens is 369 g/mol. The third-order valence-electron chi connectivity index (χ3n) is 3.96. The van der Waals surface area contributed by atoms with E-state index in [0.29, 0.717) is 22.4 Å². The lowest BCUT2D eigenvalue weighted by Gasteiger charge is -2.24. The van der Waals surface area contributed by atoms with Gasteiger partial charge in [0, 0.05) is 12.0 Å². The normalized spacial score (nSPS) is 14.0. The highest BCUT2D eigenvalue weighted by Gasteiger charge is 2.42. The zero-order valence-electron chi connectivity index (χ0n) is 13.6. The number of alkyl halides is 4. The molecule has 1 aromatic heterocycles. The van der Waals surface area contributed by atoms with Gasteiger partial charge in [-0.15, -0.1) is 0 Å². The third kappa shape index (κ3) is 3.86. The lowest BCUT2D eigenvalue weighted by molar-refractivity contribution is -0.137. The molecule has 3 rings (SSSR count). The molecule has 0 aliphatic heterocycles. The second-order valence-electron chi connectivity index (χ2n) is 5.81. The zero-order chi connectivity index (χ0) is 19.7. The number of hydrogen-bond acceptors (Lipinski definition) is 3. The molecule has 27 heavy (non-hydrogen) atoms. The van der Waals surface area contributed by atoms with Crippen molar-refractivity contribution < 1.29 is 26.7 Å². The topological polar surface area (TPSA) is 47.8 Å². The molecule has 1 heterocycles. The van der Waals surface area contributed by atoms with Crippen molar-refractivity contribution in [3.63, 3.8) is 0 Å². The van der Waals surface area contributed by atoms with Crippen LogP contribution in [0.2, 0.25) is 0 Å². The minimum absolute atomic E-state index is 0.261. The Balaban J connectivity index is 1.98. The number of carbonyl (C=O) groups is 1. The van der Waals surface area contributed by atoms with E-state index in [9.17, 15) is 22.4 Å². The molecular formula is C18H12F5N3O. The van der Waals surface area contributed by atoms with Gasteiger partial charge in [-0.2, -0.15) is 18.3 Å². The average molecular weight is 381 g/mol. The lowest BCUT2D eigenvalue weighted by atomic mass is 9.94. The predicted octanol–water partition coefficient (Wildman–Crippen LogP) is 4.18. The Kier molecular flexibility index (Phi) is 4.77. The van der Waals surface area contributed by atoms with E-state index >= 15 is 4.39 Å². The van der Waals surface area contributed by atoms with Gasteiger partial charge in [0.25, 0.3) is 5.79 Å². The van der Waals surface area contributed by atoms with E-state index in [2.05, 4.69) is 10.1 Å². The van der Waals surface area contributed by atoms with Gasteiger partial charge in [0.05, 0.1) is 5.56 Å². The Morgan fingerprint density at radius 2 is 1.59 bits per heavy atom. The SMILES string of the molecule is O=C(c1ccc(C(F)(F)F)cc1)C(F)(Cc1ccc(F)cc1)n1cncn1. The fourth-order valence-electron chi connectivity index (χ4n) is 2.56. The van der Waals surface area contributed by atoms with Gasteiger partial charge in [-0.05, 0) is 29.8 Å². The fourth-order valence-corrected chi connectivity index (χ4v) is 2.56. The molecule has 4 nitrogen and oxygen atoms in total. The van der Waals surface area contributed by atoms with Crippen molar-refractivity contribution in [2.24, 2.45) is 0 Å². The number of benzene rings is 2. The molecule has 0 saturated heterocycles. The number of ketones is 1. The van der Waals surface area contributed by atoms with Gasteiger partial charge in [0.15, 0.2) is 0 Å². The number of nitrogens with zero attached hydrogens (tertiary/aromatic N) is 3. The molecule has 1 atom stereocenters. The summed E-state index contributed by atoms with van der Waals surface area (Å²) in [7, 11) is 0. The van der Waals surface area contributed by atoms with Crippen LogP contribution in [-0.4, -0.2) is 20.5 Å². The van der Waals surface area contributed by atoms with Gasteiger partial charge < -0.3 is 0 Å². The van der Waals surface area contributed by atoms with E-state index in [1.54, 1.807) is 0 Å². The van der Waals surface area contributed by atoms with Crippen molar-refractivity contribution in [3.05, 3.63) is 83.7 Å². The summed E-state index contributed by atoms with van der Waals surface area (Å²) in [5.74, 6) is -4.36. The molecule has 0 aliphatic carbocycles. The largest absolute Gasteiger partial charge is 0.416 e. The summed E-state index contributed by atoms with van der Waals surface area (Å²) < 4.78 is 67.6.